The molecule has 4 heteroatoms. The van der Waals surface area contributed by atoms with E-state index in [1.807, 2.05) is 6.92 Å². The molecule has 0 aliphatic carbocycles. The Hall–Kier alpha value is -1.71. The summed E-state index contributed by atoms with van der Waals surface area (Å²) in [6.45, 7) is 1.97. The maximum atomic E-state index is 11.2. The zero-order valence-electron chi connectivity index (χ0n) is 10.4. The zero-order valence-corrected chi connectivity index (χ0v) is 10.4. The van der Waals surface area contributed by atoms with Gasteiger partial charge in [0, 0.05) is 0 Å². The molecule has 0 aliphatic heterocycles. The number of hydrogen-bond donors (Lipinski definition) is 1. The molecule has 0 aliphatic rings. The Bertz CT molecular complexity index is 387. The van der Waals surface area contributed by atoms with Gasteiger partial charge in [-0.15, -0.1) is 0 Å². The average Bonchev–Trinajstić information content (AvgIpc) is 2.34. The molecule has 1 aromatic rings. The van der Waals surface area contributed by atoms with Gasteiger partial charge >= 0.3 is 5.97 Å². The first-order chi connectivity index (χ1) is 8.13. The summed E-state index contributed by atoms with van der Waals surface area (Å²) in [6.07, 6.45) is 1.44. The molecule has 0 unspecified atom stereocenters. The van der Waals surface area contributed by atoms with Gasteiger partial charge in [-0.05, 0) is 24.1 Å². The number of ether oxygens (including phenoxy) is 2. The second-order valence-electron chi connectivity index (χ2n) is 3.79. The lowest BCUT2D eigenvalue weighted by molar-refractivity contribution is -0.139. The molecule has 0 spiro atoms. The Kier molecular flexibility index (Phi) is 4.82. The van der Waals surface area contributed by atoms with E-state index in [0.717, 1.165) is 12.0 Å². The first-order valence-corrected chi connectivity index (χ1v) is 5.58. The Morgan fingerprint density at radius 3 is 2.41 bits per heavy atom. The predicted molar refractivity (Wildman–Crippen MR) is 64.8 cm³/mol. The highest BCUT2D eigenvalue weighted by Crippen LogP contribution is 2.32. The van der Waals surface area contributed by atoms with Crippen molar-refractivity contribution in [3.8, 4) is 11.5 Å². The standard InChI is InChI=1S/C13H18O4/c1-4-5-10(13(14)15)9-6-7-11(16-2)12(8-9)17-3/h6-8,10H,4-5H2,1-3H3,(H,14,15)/t10-/m0/s1. The smallest absolute Gasteiger partial charge is 0.310 e. The zero-order chi connectivity index (χ0) is 12.8. The molecule has 0 heterocycles. The highest BCUT2D eigenvalue weighted by Gasteiger charge is 2.20. The van der Waals surface area contributed by atoms with Gasteiger partial charge in [-0.2, -0.15) is 0 Å². The molecular weight excluding hydrogens is 220 g/mol. The molecule has 1 rings (SSSR count). The van der Waals surface area contributed by atoms with E-state index in [4.69, 9.17) is 9.47 Å². The quantitative estimate of drug-likeness (QED) is 0.827. The van der Waals surface area contributed by atoms with Crippen LogP contribution in [0.2, 0.25) is 0 Å². The third-order valence-corrected chi connectivity index (χ3v) is 2.69. The van der Waals surface area contributed by atoms with E-state index in [9.17, 15) is 9.90 Å². The van der Waals surface area contributed by atoms with E-state index in [2.05, 4.69) is 0 Å². The molecule has 1 N–H and O–H groups in total. The number of carbonyl (C=O) groups is 1. The molecule has 1 aromatic carbocycles. The number of aliphatic carboxylic acids is 1. The van der Waals surface area contributed by atoms with Gasteiger partial charge in [0.25, 0.3) is 0 Å². The lowest BCUT2D eigenvalue weighted by atomic mass is 9.94. The van der Waals surface area contributed by atoms with Gasteiger partial charge in [0.05, 0.1) is 20.1 Å². The van der Waals surface area contributed by atoms with Gasteiger partial charge in [0.15, 0.2) is 11.5 Å². The first kappa shape index (κ1) is 13.4. The van der Waals surface area contributed by atoms with Gasteiger partial charge in [0.2, 0.25) is 0 Å². The van der Waals surface area contributed by atoms with E-state index in [1.54, 1.807) is 25.3 Å². The average molecular weight is 238 g/mol. The fourth-order valence-corrected chi connectivity index (χ4v) is 1.79. The summed E-state index contributed by atoms with van der Waals surface area (Å²) in [4.78, 5) is 11.2. The minimum Gasteiger partial charge on any atom is -0.493 e. The SMILES string of the molecule is CCC[C@H](C(=O)O)c1ccc(OC)c(OC)c1. The van der Waals surface area contributed by atoms with Crippen LogP contribution in [-0.4, -0.2) is 25.3 Å². The third-order valence-electron chi connectivity index (χ3n) is 2.69. The van der Waals surface area contributed by atoms with Crippen LogP contribution >= 0.6 is 0 Å². The third kappa shape index (κ3) is 3.12. The topological polar surface area (TPSA) is 55.8 Å². The van der Waals surface area contributed by atoms with Crippen LogP contribution in [0.1, 0.15) is 31.2 Å². The summed E-state index contributed by atoms with van der Waals surface area (Å²) >= 11 is 0. The number of benzene rings is 1. The van der Waals surface area contributed by atoms with Crippen molar-refractivity contribution in [1.82, 2.24) is 0 Å². The summed E-state index contributed by atoms with van der Waals surface area (Å²) in [5, 5.41) is 9.18. The summed E-state index contributed by atoms with van der Waals surface area (Å²) in [7, 11) is 3.09. The molecule has 17 heavy (non-hydrogen) atoms. The Morgan fingerprint density at radius 1 is 1.29 bits per heavy atom. The van der Waals surface area contributed by atoms with Crippen molar-refractivity contribution in [1.29, 1.82) is 0 Å². The maximum absolute atomic E-state index is 11.2. The van der Waals surface area contributed by atoms with Crippen LogP contribution in [-0.2, 0) is 4.79 Å². The Labute approximate surface area is 101 Å². The Morgan fingerprint density at radius 2 is 1.94 bits per heavy atom. The number of methoxy groups -OCH3 is 2. The molecule has 0 radical (unpaired) electrons. The van der Waals surface area contributed by atoms with Crippen molar-refractivity contribution in [3.63, 3.8) is 0 Å². The van der Waals surface area contributed by atoms with Crippen LogP contribution in [0.25, 0.3) is 0 Å². The molecule has 0 saturated heterocycles. The van der Waals surface area contributed by atoms with Crippen molar-refractivity contribution in [3.05, 3.63) is 23.8 Å². The van der Waals surface area contributed by atoms with Crippen molar-refractivity contribution >= 4 is 5.97 Å². The molecular formula is C13H18O4. The van der Waals surface area contributed by atoms with E-state index in [1.165, 1.54) is 7.11 Å². The predicted octanol–water partition coefficient (Wildman–Crippen LogP) is 2.67. The molecule has 0 aromatic heterocycles. The first-order valence-electron chi connectivity index (χ1n) is 5.58. The van der Waals surface area contributed by atoms with Gasteiger partial charge in [-0.1, -0.05) is 19.4 Å². The van der Waals surface area contributed by atoms with Gasteiger partial charge in [-0.3, -0.25) is 4.79 Å². The summed E-state index contributed by atoms with van der Waals surface area (Å²) in [5.74, 6) is -0.122. The molecule has 0 fully saturated rings. The molecule has 0 amide bonds. The van der Waals surface area contributed by atoms with Gasteiger partial charge in [0.1, 0.15) is 0 Å². The second kappa shape index (κ2) is 6.13. The minimum atomic E-state index is -0.806. The monoisotopic (exact) mass is 238 g/mol. The van der Waals surface area contributed by atoms with Crippen LogP contribution in [0.3, 0.4) is 0 Å². The van der Waals surface area contributed by atoms with E-state index < -0.39 is 11.9 Å². The number of carboxylic acid groups (broad SMARTS) is 1. The molecule has 0 saturated carbocycles. The minimum absolute atomic E-state index is 0.486. The molecule has 94 valence electrons. The van der Waals surface area contributed by atoms with E-state index in [0.29, 0.717) is 17.9 Å². The second-order valence-corrected chi connectivity index (χ2v) is 3.79. The lowest BCUT2D eigenvalue weighted by Gasteiger charge is -2.14. The number of hydrogen-bond acceptors (Lipinski definition) is 3. The number of rotatable bonds is 6. The van der Waals surface area contributed by atoms with Crippen LogP contribution in [0.4, 0.5) is 0 Å². The summed E-state index contributed by atoms with van der Waals surface area (Å²) < 4.78 is 10.3. The summed E-state index contributed by atoms with van der Waals surface area (Å²) in [6, 6.07) is 5.24. The van der Waals surface area contributed by atoms with Crippen molar-refractivity contribution < 1.29 is 19.4 Å². The fraction of sp³-hybridized carbons (Fsp3) is 0.462. The van der Waals surface area contributed by atoms with Crippen molar-refractivity contribution in [2.45, 2.75) is 25.7 Å². The largest absolute Gasteiger partial charge is 0.493 e. The van der Waals surface area contributed by atoms with Crippen molar-refractivity contribution in [2.75, 3.05) is 14.2 Å². The van der Waals surface area contributed by atoms with Crippen LogP contribution in [0, 0.1) is 0 Å². The molecule has 0 bridgehead atoms. The van der Waals surface area contributed by atoms with Crippen LogP contribution < -0.4 is 9.47 Å². The summed E-state index contributed by atoms with van der Waals surface area (Å²) in [5.41, 5.74) is 0.747. The van der Waals surface area contributed by atoms with Crippen LogP contribution in [0.15, 0.2) is 18.2 Å². The van der Waals surface area contributed by atoms with Gasteiger partial charge in [-0.25, -0.2) is 0 Å². The van der Waals surface area contributed by atoms with E-state index >= 15 is 0 Å². The number of carboxylic acids is 1. The highest BCUT2D eigenvalue weighted by molar-refractivity contribution is 5.76. The normalized spacial score (nSPS) is 11.9. The Balaban J connectivity index is 3.08. The maximum Gasteiger partial charge on any atom is 0.310 e. The van der Waals surface area contributed by atoms with E-state index in [-0.39, 0.29) is 0 Å². The fourth-order valence-electron chi connectivity index (χ4n) is 1.79. The lowest BCUT2D eigenvalue weighted by Crippen LogP contribution is -2.11. The highest BCUT2D eigenvalue weighted by atomic mass is 16.5. The van der Waals surface area contributed by atoms with Gasteiger partial charge < -0.3 is 14.6 Å². The molecule has 1 atom stereocenters. The van der Waals surface area contributed by atoms with Crippen LogP contribution in [0.5, 0.6) is 11.5 Å². The van der Waals surface area contributed by atoms with Crippen molar-refractivity contribution in [2.24, 2.45) is 0 Å². The molecule has 4 nitrogen and oxygen atoms in total.